The smallest absolute Gasteiger partial charge is 0.233 e. The Morgan fingerprint density at radius 2 is 2.03 bits per heavy atom. The number of hydrogen-bond donors (Lipinski definition) is 1. The van der Waals surface area contributed by atoms with Gasteiger partial charge in [0.1, 0.15) is 0 Å². The average molecular weight is 395 g/mol. The predicted molar refractivity (Wildman–Crippen MR) is 114 cm³/mol. The molecule has 2 aromatic rings. The van der Waals surface area contributed by atoms with E-state index in [9.17, 15) is 9.59 Å². The van der Waals surface area contributed by atoms with Crippen LogP contribution in [0.15, 0.2) is 48.8 Å². The van der Waals surface area contributed by atoms with Gasteiger partial charge in [0.05, 0.1) is 12.5 Å². The van der Waals surface area contributed by atoms with E-state index in [0.717, 1.165) is 36.2 Å². The molecule has 1 aromatic heterocycles. The van der Waals surface area contributed by atoms with Gasteiger partial charge in [-0.15, -0.1) is 0 Å². The molecule has 0 spiro atoms. The lowest BCUT2D eigenvalue weighted by atomic mass is 9.91. The lowest BCUT2D eigenvalue weighted by molar-refractivity contribution is -0.134. The van der Waals surface area contributed by atoms with Crippen molar-refractivity contribution in [2.45, 2.75) is 19.8 Å². The van der Waals surface area contributed by atoms with E-state index < -0.39 is 0 Å². The molecule has 0 radical (unpaired) electrons. The summed E-state index contributed by atoms with van der Waals surface area (Å²) in [5.74, 6) is -0.00493. The molecule has 1 atom stereocenters. The van der Waals surface area contributed by atoms with Crippen molar-refractivity contribution < 1.29 is 9.59 Å². The SMILES string of the molecule is CCCN1CCN(CC(=O)NC)CC(Cc2ccccc2-c2cccnc2)C1=O. The van der Waals surface area contributed by atoms with Gasteiger partial charge in [-0.05, 0) is 30.0 Å². The molecule has 0 saturated carbocycles. The zero-order valence-corrected chi connectivity index (χ0v) is 17.3. The normalized spacial score (nSPS) is 17.8. The van der Waals surface area contributed by atoms with Gasteiger partial charge in [0.25, 0.3) is 0 Å². The maximum atomic E-state index is 13.3. The van der Waals surface area contributed by atoms with Crippen LogP contribution in [0.3, 0.4) is 0 Å². The molecule has 1 aliphatic rings. The van der Waals surface area contributed by atoms with Crippen molar-refractivity contribution in [2.24, 2.45) is 5.92 Å². The summed E-state index contributed by atoms with van der Waals surface area (Å²) in [5.41, 5.74) is 3.30. The topological polar surface area (TPSA) is 65.5 Å². The molecule has 1 aromatic carbocycles. The highest BCUT2D eigenvalue weighted by Crippen LogP contribution is 2.26. The van der Waals surface area contributed by atoms with Crippen molar-refractivity contribution in [1.29, 1.82) is 0 Å². The van der Waals surface area contributed by atoms with Crippen molar-refractivity contribution in [2.75, 3.05) is 39.8 Å². The highest BCUT2D eigenvalue weighted by atomic mass is 16.2. The second-order valence-corrected chi connectivity index (χ2v) is 7.53. The monoisotopic (exact) mass is 394 g/mol. The Hall–Kier alpha value is -2.73. The number of amides is 2. The molecule has 154 valence electrons. The predicted octanol–water partition coefficient (Wildman–Crippen LogP) is 2.21. The lowest BCUT2D eigenvalue weighted by Crippen LogP contribution is -2.39. The van der Waals surface area contributed by atoms with Gasteiger partial charge in [0.2, 0.25) is 11.8 Å². The number of aromatic nitrogens is 1. The van der Waals surface area contributed by atoms with Gasteiger partial charge in [-0.2, -0.15) is 0 Å². The van der Waals surface area contributed by atoms with Gasteiger partial charge in [0, 0.05) is 51.2 Å². The molecule has 6 nitrogen and oxygen atoms in total. The van der Waals surface area contributed by atoms with Gasteiger partial charge >= 0.3 is 0 Å². The number of carbonyl (C=O) groups excluding carboxylic acids is 2. The van der Waals surface area contributed by atoms with Crippen molar-refractivity contribution >= 4 is 11.8 Å². The average Bonchev–Trinajstić information content (AvgIpc) is 2.89. The summed E-state index contributed by atoms with van der Waals surface area (Å²) in [7, 11) is 1.65. The highest BCUT2D eigenvalue weighted by molar-refractivity contribution is 5.81. The summed E-state index contributed by atoms with van der Waals surface area (Å²) in [5, 5.41) is 2.69. The first-order valence-corrected chi connectivity index (χ1v) is 10.3. The number of hydrogen-bond acceptors (Lipinski definition) is 4. The van der Waals surface area contributed by atoms with Gasteiger partial charge < -0.3 is 10.2 Å². The van der Waals surface area contributed by atoms with E-state index in [1.165, 1.54) is 0 Å². The van der Waals surface area contributed by atoms with Gasteiger partial charge in [-0.25, -0.2) is 0 Å². The number of likely N-dealkylation sites (N-methyl/N-ethyl adjacent to an activating group) is 1. The first-order chi connectivity index (χ1) is 14.1. The van der Waals surface area contributed by atoms with Crippen LogP contribution in [-0.4, -0.2) is 66.4 Å². The fourth-order valence-electron chi connectivity index (χ4n) is 3.95. The molecule has 29 heavy (non-hydrogen) atoms. The second kappa shape index (κ2) is 10.2. The zero-order valence-electron chi connectivity index (χ0n) is 17.3. The van der Waals surface area contributed by atoms with Crippen LogP contribution < -0.4 is 5.32 Å². The second-order valence-electron chi connectivity index (χ2n) is 7.53. The van der Waals surface area contributed by atoms with Gasteiger partial charge in [0.15, 0.2) is 0 Å². The number of rotatable bonds is 7. The third-order valence-corrected chi connectivity index (χ3v) is 5.42. The molecule has 1 aliphatic heterocycles. The fraction of sp³-hybridized carbons (Fsp3) is 0.435. The Kier molecular flexibility index (Phi) is 7.36. The molecule has 1 N–H and O–H groups in total. The summed E-state index contributed by atoms with van der Waals surface area (Å²) >= 11 is 0. The minimum absolute atomic E-state index is 0.0177. The minimum Gasteiger partial charge on any atom is -0.358 e. The maximum absolute atomic E-state index is 13.3. The number of nitrogens with one attached hydrogen (secondary N) is 1. The Balaban J connectivity index is 1.86. The maximum Gasteiger partial charge on any atom is 0.233 e. The molecule has 0 aliphatic carbocycles. The van der Waals surface area contributed by atoms with Gasteiger partial charge in [-0.3, -0.25) is 19.5 Å². The van der Waals surface area contributed by atoms with Crippen molar-refractivity contribution in [3.05, 3.63) is 54.4 Å². The van der Waals surface area contributed by atoms with Crippen LogP contribution in [0.4, 0.5) is 0 Å². The first kappa shape index (κ1) is 21.0. The third kappa shape index (κ3) is 5.41. The van der Waals surface area contributed by atoms with Crippen LogP contribution in [0.2, 0.25) is 0 Å². The van der Waals surface area contributed by atoms with Crippen LogP contribution in [-0.2, 0) is 16.0 Å². The molecule has 2 heterocycles. The van der Waals surface area contributed by atoms with E-state index in [4.69, 9.17) is 0 Å². The molecular weight excluding hydrogens is 364 g/mol. The van der Waals surface area contributed by atoms with E-state index in [-0.39, 0.29) is 17.7 Å². The van der Waals surface area contributed by atoms with E-state index >= 15 is 0 Å². The van der Waals surface area contributed by atoms with E-state index in [2.05, 4.69) is 34.3 Å². The lowest BCUT2D eigenvalue weighted by Gasteiger charge is -2.24. The summed E-state index contributed by atoms with van der Waals surface area (Å²) < 4.78 is 0. The number of nitrogens with zero attached hydrogens (tertiary/aromatic N) is 3. The van der Waals surface area contributed by atoms with Crippen molar-refractivity contribution in [3.8, 4) is 11.1 Å². The van der Waals surface area contributed by atoms with Crippen molar-refractivity contribution in [1.82, 2.24) is 20.1 Å². The molecule has 1 unspecified atom stereocenters. The summed E-state index contributed by atoms with van der Waals surface area (Å²) in [4.78, 5) is 33.5. The Morgan fingerprint density at radius 3 is 2.76 bits per heavy atom. The Morgan fingerprint density at radius 1 is 1.21 bits per heavy atom. The molecule has 1 fully saturated rings. The summed E-state index contributed by atoms with van der Waals surface area (Å²) in [6.07, 6.45) is 5.20. The molecule has 2 amide bonds. The molecule has 3 rings (SSSR count). The van der Waals surface area contributed by atoms with Crippen LogP contribution >= 0.6 is 0 Å². The van der Waals surface area contributed by atoms with E-state index in [1.807, 2.05) is 35.4 Å². The third-order valence-electron chi connectivity index (χ3n) is 5.42. The quantitative estimate of drug-likeness (QED) is 0.782. The van der Waals surface area contributed by atoms with Crippen LogP contribution in [0.5, 0.6) is 0 Å². The van der Waals surface area contributed by atoms with E-state index in [0.29, 0.717) is 26.1 Å². The first-order valence-electron chi connectivity index (χ1n) is 10.3. The van der Waals surface area contributed by atoms with Crippen LogP contribution in [0.25, 0.3) is 11.1 Å². The number of benzene rings is 1. The highest BCUT2D eigenvalue weighted by Gasteiger charge is 2.31. The molecular formula is C23H30N4O2. The fourth-order valence-corrected chi connectivity index (χ4v) is 3.95. The summed E-state index contributed by atoms with van der Waals surface area (Å²) in [6, 6.07) is 12.2. The number of carbonyl (C=O) groups is 2. The zero-order chi connectivity index (χ0) is 20.6. The minimum atomic E-state index is -0.175. The largest absolute Gasteiger partial charge is 0.358 e. The molecule has 6 heteroatoms. The van der Waals surface area contributed by atoms with Crippen LogP contribution in [0.1, 0.15) is 18.9 Å². The Labute approximate surface area is 172 Å². The number of pyridine rings is 1. The Bertz CT molecular complexity index is 825. The van der Waals surface area contributed by atoms with Crippen molar-refractivity contribution in [3.63, 3.8) is 0 Å². The standard InChI is InChI=1S/C23H30N4O2/c1-3-11-27-13-12-26(17-22(28)24-2)16-20(23(27)29)14-18-7-4-5-9-21(18)19-8-6-10-25-15-19/h4-10,15,20H,3,11-14,16-17H2,1-2H3,(H,24,28). The molecule has 0 bridgehead atoms. The van der Waals surface area contributed by atoms with Crippen LogP contribution in [0, 0.1) is 5.92 Å². The van der Waals surface area contributed by atoms with Gasteiger partial charge in [-0.1, -0.05) is 37.3 Å². The molecule has 1 saturated heterocycles. The van der Waals surface area contributed by atoms with E-state index in [1.54, 1.807) is 13.2 Å². The summed E-state index contributed by atoms with van der Waals surface area (Å²) in [6.45, 7) is 5.16.